The zero-order valence-electron chi connectivity index (χ0n) is 13.5. The molecule has 24 heavy (non-hydrogen) atoms. The number of hydrogen-bond acceptors (Lipinski definition) is 4. The number of aliphatic hydroxyl groups is 1. The summed E-state index contributed by atoms with van der Waals surface area (Å²) < 4.78 is 13.1. The highest BCUT2D eigenvalue weighted by molar-refractivity contribution is 6.31. The Labute approximate surface area is 146 Å². The summed E-state index contributed by atoms with van der Waals surface area (Å²) in [5, 5.41) is 16.1. The summed E-state index contributed by atoms with van der Waals surface area (Å²) in [6, 6.07) is 4.24. The predicted octanol–water partition coefficient (Wildman–Crippen LogP) is 1.28. The highest BCUT2D eigenvalue weighted by Gasteiger charge is 2.30. The minimum absolute atomic E-state index is 0.0433. The van der Waals surface area contributed by atoms with Crippen LogP contribution in [0.15, 0.2) is 18.2 Å². The minimum Gasteiger partial charge on any atom is -0.392 e. The van der Waals surface area contributed by atoms with Crippen LogP contribution in [0.3, 0.4) is 0 Å². The summed E-state index contributed by atoms with van der Waals surface area (Å²) in [6.45, 7) is 2.79. The Balaban J connectivity index is 1.53. The number of nitrogens with one attached hydrogen (secondary N) is 2. The number of aliphatic hydroxyl groups excluding tert-OH is 1. The Morgan fingerprint density at radius 3 is 3.04 bits per heavy atom. The molecule has 0 unspecified atom stereocenters. The zero-order chi connectivity index (χ0) is 17.1. The van der Waals surface area contributed by atoms with Gasteiger partial charge in [-0.25, -0.2) is 4.39 Å². The highest BCUT2D eigenvalue weighted by Crippen LogP contribution is 2.21. The molecule has 3 rings (SSSR count). The Morgan fingerprint density at radius 1 is 1.50 bits per heavy atom. The van der Waals surface area contributed by atoms with Crippen LogP contribution in [0.2, 0.25) is 5.02 Å². The molecule has 1 amide bonds. The van der Waals surface area contributed by atoms with Crippen molar-refractivity contribution in [3.63, 3.8) is 0 Å². The third kappa shape index (κ3) is 4.45. The van der Waals surface area contributed by atoms with Crippen molar-refractivity contribution in [2.45, 2.75) is 44.0 Å². The van der Waals surface area contributed by atoms with Gasteiger partial charge in [-0.3, -0.25) is 9.69 Å². The fraction of sp³-hybridized carbons (Fsp3) is 0.588. The zero-order valence-corrected chi connectivity index (χ0v) is 14.2. The van der Waals surface area contributed by atoms with E-state index in [1.54, 1.807) is 6.07 Å². The Morgan fingerprint density at radius 2 is 2.33 bits per heavy atom. The number of carbonyl (C=O) groups is 1. The lowest BCUT2D eigenvalue weighted by Gasteiger charge is -2.33. The molecule has 1 aromatic carbocycles. The Bertz CT molecular complexity index is 601. The van der Waals surface area contributed by atoms with Crippen LogP contribution in [0.5, 0.6) is 0 Å². The highest BCUT2D eigenvalue weighted by atomic mass is 35.5. The average molecular weight is 356 g/mol. The summed E-state index contributed by atoms with van der Waals surface area (Å²) in [6.07, 6.45) is 1.95. The monoisotopic (exact) mass is 355 g/mol. The normalized spacial score (nSPS) is 28.0. The lowest BCUT2D eigenvalue weighted by atomic mass is 10.0. The van der Waals surface area contributed by atoms with E-state index in [0.29, 0.717) is 24.5 Å². The van der Waals surface area contributed by atoms with Gasteiger partial charge in [0.15, 0.2) is 0 Å². The van der Waals surface area contributed by atoms with Crippen molar-refractivity contribution in [3.8, 4) is 0 Å². The predicted molar refractivity (Wildman–Crippen MR) is 90.3 cm³/mol. The molecule has 0 aromatic heterocycles. The second-order valence-electron chi connectivity index (χ2n) is 6.67. The average Bonchev–Trinajstić information content (AvgIpc) is 2.97. The van der Waals surface area contributed by atoms with Crippen molar-refractivity contribution < 1.29 is 14.3 Å². The van der Waals surface area contributed by atoms with Gasteiger partial charge in [0.2, 0.25) is 5.91 Å². The number of carbonyl (C=O) groups excluding carboxylic acids is 1. The SMILES string of the molecule is O=C(N[C@@H]1CCCN(Cc2ccc(F)cc2Cl)C1)[C@H]1C[C@H](O)CN1. The fourth-order valence-electron chi connectivity index (χ4n) is 3.43. The summed E-state index contributed by atoms with van der Waals surface area (Å²) in [5.41, 5.74) is 0.894. The number of rotatable bonds is 4. The number of likely N-dealkylation sites (tertiary alicyclic amines) is 1. The van der Waals surface area contributed by atoms with E-state index >= 15 is 0 Å². The molecule has 0 saturated carbocycles. The van der Waals surface area contributed by atoms with Gasteiger partial charge in [0, 0.05) is 30.7 Å². The van der Waals surface area contributed by atoms with Gasteiger partial charge in [0.05, 0.1) is 12.1 Å². The molecule has 132 valence electrons. The molecule has 3 atom stereocenters. The summed E-state index contributed by atoms with van der Waals surface area (Å²) >= 11 is 6.10. The molecule has 0 radical (unpaired) electrons. The van der Waals surface area contributed by atoms with Crippen LogP contribution in [0.1, 0.15) is 24.8 Å². The number of β-amino-alcohol motifs (C(OH)–C–C–N with tert-alkyl or cyclic N) is 1. The number of piperidine rings is 1. The van der Waals surface area contributed by atoms with Crippen molar-refractivity contribution in [1.82, 2.24) is 15.5 Å². The van der Waals surface area contributed by atoms with Crippen LogP contribution in [-0.2, 0) is 11.3 Å². The second-order valence-corrected chi connectivity index (χ2v) is 7.08. The van der Waals surface area contributed by atoms with Crippen LogP contribution < -0.4 is 10.6 Å². The van der Waals surface area contributed by atoms with Crippen molar-refractivity contribution >= 4 is 17.5 Å². The first-order chi connectivity index (χ1) is 11.5. The van der Waals surface area contributed by atoms with Gasteiger partial charge in [0.1, 0.15) is 5.82 Å². The third-order valence-electron chi connectivity index (χ3n) is 4.69. The third-order valence-corrected chi connectivity index (χ3v) is 5.04. The minimum atomic E-state index is -0.441. The molecule has 2 fully saturated rings. The largest absolute Gasteiger partial charge is 0.392 e. The first-order valence-corrected chi connectivity index (χ1v) is 8.77. The number of hydrogen-bond donors (Lipinski definition) is 3. The lowest BCUT2D eigenvalue weighted by Crippen LogP contribution is -2.51. The van der Waals surface area contributed by atoms with E-state index in [9.17, 15) is 14.3 Å². The molecule has 7 heteroatoms. The van der Waals surface area contributed by atoms with Gasteiger partial charge in [-0.05, 0) is 43.5 Å². The topological polar surface area (TPSA) is 64.6 Å². The standard InChI is InChI=1S/C17H23ClFN3O2/c18-15-6-12(19)4-3-11(15)9-22-5-1-2-13(10-22)21-17(24)16-7-14(23)8-20-16/h3-4,6,13-14,16,20,23H,1-2,5,7-10H2,(H,21,24)/t13-,14+,16-/m1/s1. The van der Waals surface area contributed by atoms with Gasteiger partial charge in [-0.2, -0.15) is 0 Å². The quantitative estimate of drug-likeness (QED) is 0.761. The number of amides is 1. The van der Waals surface area contributed by atoms with Gasteiger partial charge >= 0.3 is 0 Å². The van der Waals surface area contributed by atoms with Gasteiger partial charge in [0.25, 0.3) is 0 Å². The van der Waals surface area contributed by atoms with E-state index in [4.69, 9.17) is 11.6 Å². The van der Waals surface area contributed by atoms with Crippen molar-refractivity contribution in [2.24, 2.45) is 0 Å². The first kappa shape index (κ1) is 17.6. The van der Waals surface area contributed by atoms with Crippen molar-refractivity contribution in [3.05, 3.63) is 34.6 Å². The van der Waals surface area contributed by atoms with E-state index < -0.39 is 6.10 Å². The maximum Gasteiger partial charge on any atom is 0.237 e. The van der Waals surface area contributed by atoms with Gasteiger partial charge < -0.3 is 15.7 Å². The maximum absolute atomic E-state index is 13.1. The number of benzene rings is 1. The smallest absolute Gasteiger partial charge is 0.237 e. The molecule has 2 aliphatic heterocycles. The molecule has 0 spiro atoms. The number of halogens is 2. The van der Waals surface area contributed by atoms with E-state index in [2.05, 4.69) is 15.5 Å². The molecule has 2 saturated heterocycles. The molecule has 0 aliphatic carbocycles. The second kappa shape index (κ2) is 7.78. The molecule has 0 bridgehead atoms. The molecule has 5 nitrogen and oxygen atoms in total. The van der Waals surface area contributed by atoms with Crippen molar-refractivity contribution in [2.75, 3.05) is 19.6 Å². The van der Waals surface area contributed by atoms with Gasteiger partial charge in [-0.1, -0.05) is 17.7 Å². The van der Waals surface area contributed by atoms with E-state index in [0.717, 1.165) is 31.5 Å². The number of nitrogens with zero attached hydrogens (tertiary/aromatic N) is 1. The Hall–Kier alpha value is -1.21. The molecule has 2 heterocycles. The van der Waals surface area contributed by atoms with Crippen LogP contribution in [-0.4, -0.2) is 53.7 Å². The summed E-state index contributed by atoms with van der Waals surface area (Å²) in [5.74, 6) is -0.378. The fourth-order valence-corrected chi connectivity index (χ4v) is 3.65. The van der Waals surface area contributed by atoms with Crippen LogP contribution >= 0.6 is 11.6 Å². The first-order valence-electron chi connectivity index (χ1n) is 8.39. The van der Waals surface area contributed by atoms with E-state index in [1.165, 1.54) is 12.1 Å². The van der Waals surface area contributed by atoms with Crippen molar-refractivity contribution in [1.29, 1.82) is 0 Å². The van der Waals surface area contributed by atoms with Crippen LogP contribution in [0.25, 0.3) is 0 Å². The Kier molecular flexibility index (Phi) is 5.71. The van der Waals surface area contributed by atoms with Crippen LogP contribution in [0, 0.1) is 5.82 Å². The molecule has 1 aromatic rings. The molecule has 3 N–H and O–H groups in total. The maximum atomic E-state index is 13.1. The van der Waals surface area contributed by atoms with Crippen LogP contribution in [0.4, 0.5) is 4.39 Å². The van der Waals surface area contributed by atoms with E-state index in [-0.39, 0.29) is 23.8 Å². The molecular formula is C17H23ClFN3O2. The molecule has 2 aliphatic rings. The van der Waals surface area contributed by atoms with Gasteiger partial charge in [-0.15, -0.1) is 0 Å². The van der Waals surface area contributed by atoms with E-state index in [1.807, 2.05) is 0 Å². The molecular weight excluding hydrogens is 333 g/mol. The lowest BCUT2D eigenvalue weighted by molar-refractivity contribution is -0.124. The summed E-state index contributed by atoms with van der Waals surface area (Å²) in [4.78, 5) is 14.5. The summed E-state index contributed by atoms with van der Waals surface area (Å²) in [7, 11) is 0.